The molecule has 0 aromatic heterocycles. The van der Waals surface area contributed by atoms with Crippen molar-refractivity contribution in [3.05, 3.63) is 0 Å². The van der Waals surface area contributed by atoms with Gasteiger partial charge in [0.05, 0.1) is 13.2 Å². The van der Waals surface area contributed by atoms with Gasteiger partial charge in [-0.2, -0.15) is 0 Å². The van der Waals surface area contributed by atoms with Gasteiger partial charge in [0, 0.05) is 0 Å². The summed E-state index contributed by atoms with van der Waals surface area (Å²) in [5, 5.41) is 44.7. The second-order valence-corrected chi connectivity index (χ2v) is 2.78. The molecular weight excluding hydrogens is 168 g/mol. The summed E-state index contributed by atoms with van der Waals surface area (Å²) in [5.74, 6) is -2.16. The average Bonchev–Trinajstić information content (AvgIpc) is 2.31. The Balaban J connectivity index is 2.72. The zero-order chi connectivity index (χ0) is 9.35. The fraction of sp³-hybridized carbons (Fsp3) is 1.00. The van der Waals surface area contributed by atoms with Crippen molar-refractivity contribution < 1.29 is 30.3 Å². The van der Waals surface area contributed by atoms with Crippen molar-refractivity contribution in [1.82, 2.24) is 0 Å². The first-order valence-electron chi connectivity index (χ1n) is 3.53. The Morgan fingerprint density at radius 1 is 1.25 bits per heavy atom. The summed E-state index contributed by atoms with van der Waals surface area (Å²) < 4.78 is 4.63. The van der Waals surface area contributed by atoms with Gasteiger partial charge in [0.1, 0.15) is 18.3 Å². The molecule has 5 N–H and O–H groups in total. The maximum Gasteiger partial charge on any atom is 0.219 e. The molecule has 0 aromatic rings. The van der Waals surface area contributed by atoms with Crippen molar-refractivity contribution in [2.24, 2.45) is 0 Å². The first-order chi connectivity index (χ1) is 5.55. The number of ether oxygens (including phenoxy) is 1. The van der Waals surface area contributed by atoms with Crippen molar-refractivity contribution in [2.45, 2.75) is 24.1 Å². The number of hydrogen-bond acceptors (Lipinski definition) is 6. The minimum Gasteiger partial charge on any atom is -0.394 e. The minimum absolute atomic E-state index is 0.527. The first kappa shape index (κ1) is 9.85. The maximum absolute atomic E-state index is 9.25. The van der Waals surface area contributed by atoms with Crippen LogP contribution in [0.25, 0.3) is 0 Å². The predicted molar refractivity (Wildman–Crippen MR) is 36.0 cm³/mol. The third-order valence-electron chi connectivity index (χ3n) is 1.93. The quantitative estimate of drug-likeness (QED) is 0.306. The maximum atomic E-state index is 9.25. The summed E-state index contributed by atoms with van der Waals surface area (Å²) in [6, 6.07) is 0. The van der Waals surface area contributed by atoms with Crippen LogP contribution in [-0.4, -0.2) is 62.8 Å². The molecule has 1 rings (SSSR count). The lowest BCUT2D eigenvalue weighted by atomic mass is 10.1. The topological polar surface area (TPSA) is 110 Å². The SMILES string of the molecule is OCC1O[C@](O)(CO)[C@@H](O)C1O. The highest BCUT2D eigenvalue weighted by molar-refractivity contribution is 4.94. The summed E-state index contributed by atoms with van der Waals surface area (Å²) in [4.78, 5) is 0. The first-order valence-corrected chi connectivity index (χ1v) is 3.53. The molecule has 12 heavy (non-hydrogen) atoms. The number of rotatable bonds is 2. The number of aliphatic hydroxyl groups is 5. The van der Waals surface area contributed by atoms with Crippen molar-refractivity contribution in [3.8, 4) is 0 Å². The molecule has 0 aliphatic carbocycles. The van der Waals surface area contributed by atoms with Gasteiger partial charge in [-0.15, -0.1) is 0 Å². The van der Waals surface area contributed by atoms with E-state index in [1.54, 1.807) is 0 Å². The van der Waals surface area contributed by atoms with Crippen LogP contribution < -0.4 is 0 Å². The van der Waals surface area contributed by atoms with Crippen LogP contribution in [0.5, 0.6) is 0 Å². The van der Waals surface area contributed by atoms with Gasteiger partial charge in [-0.3, -0.25) is 0 Å². The van der Waals surface area contributed by atoms with Crippen molar-refractivity contribution in [3.63, 3.8) is 0 Å². The zero-order valence-electron chi connectivity index (χ0n) is 6.29. The van der Waals surface area contributed by atoms with Gasteiger partial charge in [0.15, 0.2) is 0 Å². The molecule has 0 bridgehead atoms. The van der Waals surface area contributed by atoms with Crippen LogP contribution in [0.1, 0.15) is 0 Å². The fourth-order valence-electron chi connectivity index (χ4n) is 1.15. The highest BCUT2D eigenvalue weighted by atomic mass is 16.7. The lowest BCUT2D eigenvalue weighted by Crippen LogP contribution is -2.46. The molecule has 72 valence electrons. The summed E-state index contributed by atoms with van der Waals surface area (Å²) in [5.41, 5.74) is 0. The van der Waals surface area contributed by atoms with E-state index in [2.05, 4.69) is 4.74 Å². The second-order valence-electron chi connectivity index (χ2n) is 2.78. The molecule has 4 atom stereocenters. The van der Waals surface area contributed by atoms with Crippen LogP contribution in [0.15, 0.2) is 0 Å². The van der Waals surface area contributed by atoms with E-state index in [1.165, 1.54) is 0 Å². The fourth-order valence-corrected chi connectivity index (χ4v) is 1.15. The molecule has 6 heteroatoms. The summed E-state index contributed by atoms with van der Waals surface area (Å²) in [7, 11) is 0. The van der Waals surface area contributed by atoms with Gasteiger partial charge >= 0.3 is 0 Å². The highest BCUT2D eigenvalue weighted by Gasteiger charge is 2.52. The van der Waals surface area contributed by atoms with E-state index in [0.717, 1.165) is 0 Å². The molecule has 2 unspecified atom stereocenters. The molecule has 1 aliphatic heterocycles. The lowest BCUT2D eigenvalue weighted by molar-refractivity contribution is -0.248. The van der Waals surface area contributed by atoms with E-state index in [1.807, 2.05) is 0 Å². The summed E-state index contributed by atoms with van der Waals surface area (Å²) >= 11 is 0. The number of hydrogen-bond donors (Lipinski definition) is 5. The van der Waals surface area contributed by atoms with Gasteiger partial charge in [-0.05, 0) is 0 Å². The normalized spacial score (nSPS) is 48.2. The molecule has 1 heterocycles. The predicted octanol–water partition coefficient (Wildman–Crippen LogP) is -3.22. The van der Waals surface area contributed by atoms with Gasteiger partial charge < -0.3 is 30.3 Å². The molecular formula is C6H12O6. The summed E-state index contributed by atoms with van der Waals surface area (Å²) in [6.45, 7) is -1.36. The summed E-state index contributed by atoms with van der Waals surface area (Å²) in [6.07, 6.45) is -4.04. The standard InChI is InChI=1S/C6H12O6/c7-1-3-4(9)5(10)6(11,2-8)12-3/h3-5,7-11H,1-2H2/t3?,4?,5-,6+/m0/s1. The van der Waals surface area contributed by atoms with Crippen molar-refractivity contribution >= 4 is 0 Å². The third kappa shape index (κ3) is 1.33. The molecule has 0 spiro atoms. The van der Waals surface area contributed by atoms with Crippen LogP contribution in [-0.2, 0) is 4.74 Å². The van der Waals surface area contributed by atoms with Crippen LogP contribution >= 0.6 is 0 Å². The Morgan fingerprint density at radius 2 is 1.83 bits per heavy atom. The smallest absolute Gasteiger partial charge is 0.219 e. The van der Waals surface area contributed by atoms with Gasteiger partial charge in [0.25, 0.3) is 0 Å². The Hall–Kier alpha value is -0.240. The molecule has 1 fully saturated rings. The van der Waals surface area contributed by atoms with E-state index in [4.69, 9.17) is 20.4 Å². The van der Waals surface area contributed by atoms with E-state index < -0.39 is 37.3 Å². The van der Waals surface area contributed by atoms with Crippen LogP contribution in [0, 0.1) is 0 Å². The lowest BCUT2D eigenvalue weighted by Gasteiger charge is -2.22. The largest absolute Gasteiger partial charge is 0.394 e. The zero-order valence-corrected chi connectivity index (χ0v) is 6.29. The Labute approximate surface area is 68.6 Å². The highest BCUT2D eigenvalue weighted by Crippen LogP contribution is 2.28. The molecule has 0 amide bonds. The molecule has 6 nitrogen and oxygen atoms in total. The van der Waals surface area contributed by atoms with Gasteiger partial charge in [-0.1, -0.05) is 0 Å². The van der Waals surface area contributed by atoms with Crippen molar-refractivity contribution in [2.75, 3.05) is 13.2 Å². The average molecular weight is 180 g/mol. The van der Waals surface area contributed by atoms with E-state index in [0.29, 0.717) is 0 Å². The van der Waals surface area contributed by atoms with Crippen LogP contribution in [0.3, 0.4) is 0 Å². The monoisotopic (exact) mass is 180 g/mol. The minimum atomic E-state index is -2.16. The molecule has 1 saturated heterocycles. The Morgan fingerprint density at radius 3 is 2.08 bits per heavy atom. The Bertz CT molecular complexity index is 162. The van der Waals surface area contributed by atoms with E-state index >= 15 is 0 Å². The molecule has 1 aliphatic rings. The Kier molecular flexibility index (Phi) is 2.67. The van der Waals surface area contributed by atoms with Gasteiger partial charge in [0.2, 0.25) is 5.79 Å². The van der Waals surface area contributed by atoms with Crippen LogP contribution in [0.2, 0.25) is 0 Å². The number of aliphatic hydroxyl groups excluding tert-OH is 4. The van der Waals surface area contributed by atoms with Crippen molar-refractivity contribution in [1.29, 1.82) is 0 Å². The molecule has 0 radical (unpaired) electrons. The van der Waals surface area contributed by atoms with Crippen LogP contribution in [0.4, 0.5) is 0 Å². The molecule has 0 aromatic carbocycles. The molecule has 0 saturated carbocycles. The van der Waals surface area contributed by atoms with E-state index in [9.17, 15) is 5.11 Å². The van der Waals surface area contributed by atoms with E-state index in [-0.39, 0.29) is 0 Å². The van der Waals surface area contributed by atoms with Gasteiger partial charge in [-0.25, -0.2) is 0 Å². The third-order valence-corrected chi connectivity index (χ3v) is 1.93. The second kappa shape index (κ2) is 3.25.